The number of anilines is 1. The molecule has 112 valence electrons. The Morgan fingerprint density at radius 3 is 2.71 bits per heavy atom. The monoisotopic (exact) mass is 320 g/mol. The van der Waals surface area contributed by atoms with Crippen molar-refractivity contribution in [1.82, 2.24) is 4.72 Å². The molecular weight excluding hydrogens is 300 g/mol. The van der Waals surface area contributed by atoms with Gasteiger partial charge in [0.25, 0.3) is 0 Å². The molecule has 1 saturated carbocycles. The van der Waals surface area contributed by atoms with Crippen LogP contribution in [0.5, 0.6) is 0 Å². The second-order valence-corrected chi connectivity index (χ2v) is 9.51. The first-order chi connectivity index (χ1) is 9.94. The van der Waals surface area contributed by atoms with E-state index in [1.54, 1.807) is 0 Å². The molecule has 0 radical (unpaired) electrons. The van der Waals surface area contributed by atoms with Crippen LogP contribution in [0, 0.1) is 24.7 Å². The van der Waals surface area contributed by atoms with Gasteiger partial charge in [-0.1, -0.05) is 35.5 Å². The van der Waals surface area contributed by atoms with Gasteiger partial charge in [0, 0.05) is 15.8 Å². The molecule has 2 N–H and O–H groups in total. The topological polar surface area (TPSA) is 24.1 Å². The van der Waals surface area contributed by atoms with E-state index in [0.717, 1.165) is 22.2 Å². The Morgan fingerprint density at radius 1 is 1.24 bits per heavy atom. The molecule has 4 unspecified atom stereocenters. The predicted octanol–water partition coefficient (Wildman–Crippen LogP) is 4.14. The molecule has 4 heteroatoms. The summed E-state index contributed by atoms with van der Waals surface area (Å²) in [6.45, 7) is 2.03. The van der Waals surface area contributed by atoms with Crippen LogP contribution in [-0.2, 0) is 0 Å². The molecule has 0 amide bonds. The summed E-state index contributed by atoms with van der Waals surface area (Å²) in [5.74, 6) is 10.9. The van der Waals surface area contributed by atoms with Crippen molar-refractivity contribution in [3.63, 3.8) is 0 Å². The minimum absolute atomic E-state index is 0.251. The van der Waals surface area contributed by atoms with E-state index in [0.29, 0.717) is 11.8 Å². The van der Waals surface area contributed by atoms with Gasteiger partial charge in [-0.3, -0.25) is 0 Å². The fraction of sp³-hybridized carbons (Fsp3) is 0.412. The first kappa shape index (κ1) is 13.7. The zero-order valence-electron chi connectivity index (χ0n) is 12.2. The Balaban J connectivity index is 1.72. The third kappa shape index (κ3) is 2.14. The van der Waals surface area contributed by atoms with Gasteiger partial charge in [0.05, 0.1) is 11.9 Å². The van der Waals surface area contributed by atoms with Crippen LogP contribution in [0.4, 0.5) is 5.69 Å². The highest BCUT2D eigenvalue weighted by molar-refractivity contribution is 8.26. The van der Waals surface area contributed by atoms with Gasteiger partial charge < -0.3 is 5.32 Å². The lowest BCUT2D eigenvalue weighted by Crippen LogP contribution is -2.45. The van der Waals surface area contributed by atoms with Crippen molar-refractivity contribution >= 4 is 38.4 Å². The van der Waals surface area contributed by atoms with E-state index in [1.807, 2.05) is 13.0 Å². The third-order valence-corrected chi connectivity index (χ3v) is 7.40. The first-order valence-electron chi connectivity index (χ1n) is 7.46. The summed E-state index contributed by atoms with van der Waals surface area (Å²) in [6, 6.07) is 4.17. The van der Waals surface area contributed by atoms with Crippen molar-refractivity contribution in [3.05, 3.63) is 34.9 Å². The van der Waals surface area contributed by atoms with Gasteiger partial charge in [0.1, 0.15) is 0 Å². The minimum Gasteiger partial charge on any atom is -0.368 e. The predicted molar refractivity (Wildman–Crippen MR) is 95.7 cm³/mol. The van der Waals surface area contributed by atoms with E-state index in [1.165, 1.54) is 17.7 Å². The van der Waals surface area contributed by atoms with Crippen LogP contribution in [0.3, 0.4) is 0 Å². The van der Waals surface area contributed by atoms with Gasteiger partial charge >= 0.3 is 0 Å². The van der Waals surface area contributed by atoms with Crippen LogP contribution in [0.1, 0.15) is 18.4 Å². The second kappa shape index (κ2) is 4.55. The quantitative estimate of drug-likeness (QED) is 0.600. The molecule has 2 nitrogen and oxygen atoms in total. The highest BCUT2D eigenvalue weighted by atomic mass is 35.5. The minimum atomic E-state index is -1.48. The summed E-state index contributed by atoms with van der Waals surface area (Å²) < 4.78 is 3.70. The number of benzene rings is 1. The molecule has 1 aromatic carbocycles. The van der Waals surface area contributed by atoms with Gasteiger partial charge in [-0.2, -0.15) is 0 Å². The number of aryl methyl sites for hydroxylation is 1. The SMILES string of the molecule is C=S1(=C)NC(C2CC3C=CC2C3)Nc2cc(Cl)c(C)cc21. The highest BCUT2D eigenvalue weighted by Gasteiger charge is 2.41. The van der Waals surface area contributed by atoms with Crippen molar-refractivity contribution < 1.29 is 0 Å². The van der Waals surface area contributed by atoms with E-state index >= 15 is 0 Å². The van der Waals surface area contributed by atoms with Crippen molar-refractivity contribution in [3.8, 4) is 0 Å². The summed E-state index contributed by atoms with van der Waals surface area (Å²) in [6.07, 6.45) is 7.59. The molecule has 1 heterocycles. The fourth-order valence-electron chi connectivity index (χ4n) is 4.00. The Hall–Kier alpha value is -0.900. The molecule has 4 atom stereocenters. The van der Waals surface area contributed by atoms with Crippen LogP contribution in [0.15, 0.2) is 29.2 Å². The summed E-state index contributed by atoms with van der Waals surface area (Å²) in [5, 5.41) is 4.47. The highest BCUT2D eigenvalue weighted by Crippen LogP contribution is 2.49. The Bertz CT molecular complexity index is 735. The molecule has 0 saturated heterocycles. The molecule has 3 aliphatic rings. The Labute approximate surface area is 132 Å². The maximum absolute atomic E-state index is 6.31. The fourth-order valence-corrected chi connectivity index (χ4v) is 5.95. The third-order valence-electron chi connectivity index (χ3n) is 5.10. The second-order valence-electron chi connectivity index (χ2n) is 6.67. The summed E-state index contributed by atoms with van der Waals surface area (Å²) in [4.78, 5) is 1.18. The van der Waals surface area contributed by atoms with Crippen molar-refractivity contribution in [2.24, 2.45) is 17.8 Å². The zero-order valence-corrected chi connectivity index (χ0v) is 13.8. The summed E-state index contributed by atoms with van der Waals surface area (Å²) >= 11 is 6.31. The molecule has 2 aliphatic carbocycles. The van der Waals surface area contributed by atoms with Crippen LogP contribution in [0.2, 0.25) is 5.02 Å². The molecule has 0 aromatic heterocycles. The molecule has 21 heavy (non-hydrogen) atoms. The number of rotatable bonds is 1. The smallest absolute Gasteiger partial charge is 0.0888 e. The molecule has 1 aliphatic heterocycles. The standard InChI is InChI=1S/C17H21ClN2S/c1-10-6-16-15(9-14(10)18)19-17(20-21(16,2)3)13-8-11-4-5-12(13)7-11/h4-6,9,11-13,17,19-20H,2-3,7-8H2,1H3. The number of hydrogen-bond donors (Lipinski definition) is 2. The molecule has 1 aromatic rings. The van der Waals surface area contributed by atoms with Crippen molar-refractivity contribution in [1.29, 1.82) is 0 Å². The maximum Gasteiger partial charge on any atom is 0.0888 e. The van der Waals surface area contributed by atoms with Crippen LogP contribution in [0.25, 0.3) is 0 Å². The van der Waals surface area contributed by atoms with Crippen molar-refractivity contribution in [2.75, 3.05) is 5.32 Å². The summed E-state index contributed by atoms with van der Waals surface area (Å²) in [5.41, 5.74) is 2.20. The van der Waals surface area contributed by atoms with E-state index in [2.05, 4.69) is 40.0 Å². The summed E-state index contributed by atoms with van der Waals surface area (Å²) in [7, 11) is -1.48. The van der Waals surface area contributed by atoms with Gasteiger partial charge in [0.15, 0.2) is 0 Å². The van der Waals surface area contributed by atoms with Gasteiger partial charge in [-0.15, -0.1) is 9.39 Å². The largest absolute Gasteiger partial charge is 0.368 e. The van der Waals surface area contributed by atoms with Gasteiger partial charge in [0.2, 0.25) is 0 Å². The normalized spacial score (nSPS) is 35.5. The Morgan fingerprint density at radius 2 is 2.05 bits per heavy atom. The van der Waals surface area contributed by atoms with E-state index in [9.17, 15) is 0 Å². The van der Waals surface area contributed by atoms with Gasteiger partial charge in [-0.05, 0) is 49.3 Å². The molecule has 4 rings (SSSR count). The lowest BCUT2D eigenvalue weighted by molar-refractivity contribution is 0.371. The lowest BCUT2D eigenvalue weighted by Gasteiger charge is -2.39. The molecule has 1 fully saturated rings. The molecule has 2 bridgehead atoms. The average molecular weight is 321 g/mol. The molecule has 0 spiro atoms. The first-order valence-corrected chi connectivity index (χ1v) is 9.81. The number of fused-ring (bicyclic) bond motifs is 3. The number of halogens is 1. The van der Waals surface area contributed by atoms with E-state index in [4.69, 9.17) is 11.6 Å². The molecular formula is C17H21ClN2S. The zero-order chi connectivity index (χ0) is 14.8. The van der Waals surface area contributed by atoms with Crippen LogP contribution < -0.4 is 10.0 Å². The Kier molecular flexibility index (Phi) is 2.97. The van der Waals surface area contributed by atoms with Crippen LogP contribution in [-0.4, -0.2) is 17.9 Å². The van der Waals surface area contributed by atoms with E-state index < -0.39 is 9.39 Å². The average Bonchev–Trinajstić information content (AvgIpc) is 3.03. The maximum atomic E-state index is 6.31. The lowest BCUT2D eigenvalue weighted by atomic mass is 9.91. The van der Waals surface area contributed by atoms with Crippen LogP contribution >= 0.6 is 21.0 Å². The van der Waals surface area contributed by atoms with E-state index in [-0.39, 0.29) is 6.17 Å². The number of hydrogen-bond acceptors (Lipinski definition) is 2. The number of nitrogens with one attached hydrogen (secondary N) is 2. The number of allylic oxidation sites excluding steroid dienone is 2. The van der Waals surface area contributed by atoms with Gasteiger partial charge in [-0.25, -0.2) is 4.72 Å². The van der Waals surface area contributed by atoms with Crippen molar-refractivity contribution in [2.45, 2.75) is 30.8 Å².